The van der Waals surface area contributed by atoms with E-state index in [0.717, 1.165) is 0 Å². The quantitative estimate of drug-likeness (QED) is 0.555. The molecule has 0 N–H and O–H groups in total. The van der Waals surface area contributed by atoms with Crippen molar-refractivity contribution in [2.75, 3.05) is 38.2 Å². The van der Waals surface area contributed by atoms with Gasteiger partial charge in [-0.05, 0) is 37.1 Å². The Labute approximate surface area is 184 Å². The van der Waals surface area contributed by atoms with Gasteiger partial charge in [0.05, 0.1) is 12.8 Å². The molecular formula is C23H23FN4O4. The Morgan fingerprint density at radius 3 is 2.78 bits per heavy atom. The summed E-state index contributed by atoms with van der Waals surface area (Å²) in [6.07, 6.45) is 2.76. The van der Waals surface area contributed by atoms with Crippen molar-refractivity contribution in [1.82, 2.24) is 9.88 Å². The molecule has 0 aliphatic carbocycles. The number of benzene rings is 1. The minimum atomic E-state index is -0.423. The van der Waals surface area contributed by atoms with Crippen LogP contribution in [0.3, 0.4) is 0 Å². The van der Waals surface area contributed by atoms with Crippen molar-refractivity contribution in [3.05, 3.63) is 54.2 Å². The van der Waals surface area contributed by atoms with Crippen LogP contribution < -0.4 is 9.64 Å². The number of nitrogens with zero attached hydrogens (tertiary/aromatic N) is 4. The van der Waals surface area contributed by atoms with E-state index in [0.29, 0.717) is 44.1 Å². The molecule has 32 heavy (non-hydrogen) atoms. The van der Waals surface area contributed by atoms with Crippen LogP contribution in [0.15, 0.2) is 51.5 Å². The topological polar surface area (TPSA) is 95.7 Å². The highest BCUT2D eigenvalue weighted by atomic mass is 19.1. The third-order valence-electron chi connectivity index (χ3n) is 5.48. The molecular weight excluding hydrogens is 415 g/mol. The third kappa shape index (κ3) is 4.59. The van der Waals surface area contributed by atoms with Crippen molar-refractivity contribution in [3.8, 4) is 23.5 Å². The fourth-order valence-corrected chi connectivity index (χ4v) is 3.71. The van der Waals surface area contributed by atoms with E-state index in [1.165, 1.54) is 12.3 Å². The molecule has 9 heteroatoms. The van der Waals surface area contributed by atoms with Crippen LogP contribution in [-0.2, 0) is 4.79 Å². The average molecular weight is 438 g/mol. The predicted octanol–water partition coefficient (Wildman–Crippen LogP) is 3.70. The lowest BCUT2D eigenvalue weighted by Crippen LogP contribution is -2.42. The summed E-state index contributed by atoms with van der Waals surface area (Å²) in [4.78, 5) is 20.6. The molecule has 3 heterocycles. The fraction of sp³-hybridized carbons (Fsp3) is 0.348. The van der Waals surface area contributed by atoms with Crippen molar-refractivity contribution in [2.45, 2.75) is 12.8 Å². The molecule has 0 saturated carbocycles. The van der Waals surface area contributed by atoms with Crippen molar-refractivity contribution < 1.29 is 22.8 Å². The van der Waals surface area contributed by atoms with Crippen LogP contribution in [0.5, 0.6) is 5.75 Å². The van der Waals surface area contributed by atoms with Gasteiger partial charge in [-0.2, -0.15) is 10.2 Å². The van der Waals surface area contributed by atoms with Crippen molar-refractivity contribution in [1.29, 1.82) is 5.26 Å². The SMILES string of the molecule is CN(CCOc1ccccc1F)C(=O)C1CCN(c2oc(-c3ccco3)nc2C#N)CC1. The highest BCUT2D eigenvalue weighted by molar-refractivity contribution is 5.79. The number of rotatable bonds is 7. The number of ether oxygens (including phenoxy) is 1. The number of oxazole rings is 1. The van der Waals surface area contributed by atoms with Crippen molar-refractivity contribution in [3.63, 3.8) is 0 Å². The highest BCUT2D eigenvalue weighted by Gasteiger charge is 2.30. The standard InChI is InChI=1S/C23H23FN4O4/c1-27(12-14-31-19-6-3-2-5-17(19)24)22(29)16-8-10-28(11-9-16)23-18(15-25)26-21(32-23)20-7-4-13-30-20/h2-7,13,16H,8-12,14H2,1H3. The summed E-state index contributed by atoms with van der Waals surface area (Å²) in [6, 6.07) is 11.7. The summed E-state index contributed by atoms with van der Waals surface area (Å²) in [5, 5.41) is 9.43. The summed E-state index contributed by atoms with van der Waals surface area (Å²) in [7, 11) is 1.72. The Morgan fingerprint density at radius 1 is 1.31 bits per heavy atom. The summed E-state index contributed by atoms with van der Waals surface area (Å²) >= 11 is 0. The number of carbonyl (C=O) groups is 1. The number of furan rings is 1. The van der Waals surface area contributed by atoms with E-state index in [1.54, 1.807) is 42.3 Å². The Bertz CT molecular complexity index is 1100. The van der Waals surface area contributed by atoms with Crippen LogP contribution in [0.2, 0.25) is 0 Å². The number of hydrogen-bond acceptors (Lipinski definition) is 7. The van der Waals surface area contributed by atoms with Crippen LogP contribution in [0.4, 0.5) is 10.3 Å². The van der Waals surface area contributed by atoms with Crippen LogP contribution in [-0.4, -0.2) is 49.1 Å². The maximum absolute atomic E-state index is 13.6. The van der Waals surface area contributed by atoms with E-state index in [1.807, 2.05) is 4.90 Å². The number of para-hydroxylation sites is 1. The number of nitriles is 1. The minimum absolute atomic E-state index is 0.0242. The van der Waals surface area contributed by atoms with Crippen LogP contribution in [0.25, 0.3) is 11.7 Å². The molecule has 166 valence electrons. The number of piperidine rings is 1. The van der Waals surface area contributed by atoms with Crippen LogP contribution in [0.1, 0.15) is 18.5 Å². The van der Waals surface area contributed by atoms with Crippen LogP contribution >= 0.6 is 0 Å². The highest BCUT2D eigenvalue weighted by Crippen LogP contribution is 2.31. The molecule has 0 spiro atoms. The van der Waals surface area contributed by atoms with Gasteiger partial charge in [-0.1, -0.05) is 12.1 Å². The Kier molecular flexibility index (Phi) is 6.40. The lowest BCUT2D eigenvalue weighted by Gasteiger charge is -2.32. The van der Waals surface area contributed by atoms with Gasteiger partial charge in [0.15, 0.2) is 17.3 Å². The van der Waals surface area contributed by atoms with E-state index in [2.05, 4.69) is 11.1 Å². The van der Waals surface area contributed by atoms with Gasteiger partial charge >= 0.3 is 0 Å². The largest absolute Gasteiger partial charge is 0.489 e. The Hall–Kier alpha value is -3.80. The first-order valence-electron chi connectivity index (χ1n) is 10.4. The smallest absolute Gasteiger partial charge is 0.266 e. The molecule has 8 nitrogen and oxygen atoms in total. The summed E-state index contributed by atoms with van der Waals surface area (Å²) in [5.41, 5.74) is 0.198. The molecule has 4 rings (SSSR count). The molecule has 1 aliphatic heterocycles. The van der Waals surface area contributed by atoms with Gasteiger partial charge in [-0.15, -0.1) is 0 Å². The number of carbonyl (C=O) groups excluding carboxylic acids is 1. The minimum Gasteiger partial charge on any atom is -0.489 e. The third-order valence-corrected chi connectivity index (χ3v) is 5.48. The predicted molar refractivity (Wildman–Crippen MR) is 113 cm³/mol. The molecule has 2 aromatic heterocycles. The van der Waals surface area contributed by atoms with Gasteiger partial charge < -0.3 is 23.4 Å². The lowest BCUT2D eigenvalue weighted by molar-refractivity contribution is -0.135. The number of hydrogen-bond donors (Lipinski definition) is 0. The van der Waals surface area contributed by atoms with Gasteiger partial charge in [0, 0.05) is 26.1 Å². The molecule has 0 bridgehead atoms. The zero-order chi connectivity index (χ0) is 22.5. The van der Waals surface area contributed by atoms with Gasteiger partial charge in [0.1, 0.15) is 12.7 Å². The monoisotopic (exact) mass is 438 g/mol. The fourth-order valence-electron chi connectivity index (χ4n) is 3.71. The van der Waals surface area contributed by atoms with Gasteiger partial charge in [-0.3, -0.25) is 4.79 Å². The van der Waals surface area contributed by atoms with E-state index < -0.39 is 5.82 Å². The maximum Gasteiger partial charge on any atom is 0.266 e. The number of likely N-dealkylation sites (N-methyl/N-ethyl adjacent to an activating group) is 1. The number of anilines is 1. The molecule has 1 fully saturated rings. The second-order valence-electron chi connectivity index (χ2n) is 7.56. The van der Waals surface area contributed by atoms with Crippen molar-refractivity contribution in [2.24, 2.45) is 5.92 Å². The van der Waals surface area contributed by atoms with E-state index in [4.69, 9.17) is 13.6 Å². The van der Waals surface area contributed by atoms with Crippen molar-refractivity contribution >= 4 is 11.8 Å². The number of aromatic nitrogens is 1. The van der Waals surface area contributed by atoms with E-state index in [-0.39, 0.29) is 35.8 Å². The first kappa shape index (κ1) is 21.4. The molecule has 1 amide bonds. The summed E-state index contributed by atoms with van der Waals surface area (Å²) in [6.45, 7) is 1.70. The molecule has 0 atom stereocenters. The summed E-state index contributed by atoms with van der Waals surface area (Å²) in [5.74, 6) is 0.755. The molecule has 1 saturated heterocycles. The molecule has 1 aliphatic rings. The first-order chi connectivity index (χ1) is 15.6. The zero-order valence-corrected chi connectivity index (χ0v) is 17.7. The average Bonchev–Trinajstić information content (AvgIpc) is 3.50. The second kappa shape index (κ2) is 9.56. The van der Waals surface area contributed by atoms with Crippen LogP contribution in [0, 0.1) is 23.1 Å². The van der Waals surface area contributed by atoms with Gasteiger partial charge in [0.2, 0.25) is 17.5 Å². The molecule has 0 unspecified atom stereocenters. The first-order valence-corrected chi connectivity index (χ1v) is 10.4. The van der Waals surface area contributed by atoms with E-state index >= 15 is 0 Å². The number of amides is 1. The number of halogens is 1. The Balaban J connectivity index is 1.30. The molecule has 0 radical (unpaired) electrons. The lowest BCUT2D eigenvalue weighted by atomic mass is 9.95. The zero-order valence-electron chi connectivity index (χ0n) is 17.7. The molecule has 3 aromatic rings. The van der Waals surface area contributed by atoms with Gasteiger partial charge in [-0.25, -0.2) is 4.39 Å². The second-order valence-corrected chi connectivity index (χ2v) is 7.56. The summed E-state index contributed by atoms with van der Waals surface area (Å²) < 4.78 is 30.2. The maximum atomic E-state index is 13.6. The Morgan fingerprint density at radius 2 is 2.09 bits per heavy atom. The normalized spacial score (nSPS) is 14.2. The van der Waals surface area contributed by atoms with E-state index in [9.17, 15) is 14.4 Å². The molecule has 1 aromatic carbocycles. The van der Waals surface area contributed by atoms with Gasteiger partial charge in [0.25, 0.3) is 5.89 Å².